The van der Waals surface area contributed by atoms with Gasteiger partial charge in [-0.1, -0.05) is 19.9 Å². The van der Waals surface area contributed by atoms with Crippen molar-refractivity contribution in [2.75, 3.05) is 13.1 Å². The summed E-state index contributed by atoms with van der Waals surface area (Å²) in [7, 11) is 0. The molecule has 4 heteroatoms. The van der Waals surface area contributed by atoms with Gasteiger partial charge in [-0.3, -0.25) is 4.79 Å². The smallest absolute Gasteiger partial charge is 0.172 e. The maximum atomic E-state index is 13.3. The molecule has 0 amide bonds. The molecule has 0 fully saturated rings. The Labute approximate surface area is 93.7 Å². The van der Waals surface area contributed by atoms with E-state index < -0.39 is 28.9 Å². The fourth-order valence-electron chi connectivity index (χ4n) is 1.43. The first-order chi connectivity index (χ1) is 7.57. The molecule has 0 saturated carbocycles. The van der Waals surface area contributed by atoms with Gasteiger partial charge in [0.1, 0.15) is 11.6 Å². The Morgan fingerprint density at radius 1 is 1.38 bits per heavy atom. The highest BCUT2D eigenvalue weighted by molar-refractivity contribution is 5.98. The number of hydrogen-bond donors (Lipinski definition) is 1. The van der Waals surface area contributed by atoms with Crippen molar-refractivity contribution in [3.8, 4) is 0 Å². The minimum Gasteiger partial charge on any atom is -0.316 e. The standard InChI is InChI=1S/C12H15F2NO/c1-3-15-7-8(2)12(16)11-9(13)5-4-6-10(11)14/h4-6,8,15H,3,7H2,1-2H3. The molecule has 0 aromatic heterocycles. The van der Waals surface area contributed by atoms with Crippen LogP contribution >= 0.6 is 0 Å². The molecule has 0 aliphatic heterocycles. The lowest BCUT2D eigenvalue weighted by molar-refractivity contribution is 0.0920. The van der Waals surface area contributed by atoms with E-state index in [9.17, 15) is 13.6 Å². The molecule has 0 saturated heterocycles. The topological polar surface area (TPSA) is 29.1 Å². The van der Waals surface area contributed by atoms with Crippen molar-refractivity contribution in [1.29, 1.82) is 0 Å². The molecule has 0 aliphatic carbocycles. The van der Waals surface area contributed by atoms with Crippen molar-refractivity contribution >= 4 is 5.78 Å². The van der Waals surface area contributed by atoms with E-state index in [1.165, 1.54) is 6.07 Å². The first-order valence-corrected chi connectivity index (χ1v) is 5.26. The Bertz CT molecular complexity index is 359. The number of benzene rings is 1. The van der Waals surface area contributed by atoms with Gasteiger partial charge >= 0.3 is 0 Å². The van der Waals surface area contributed by atoms with Gasteiger partial charge in [-0.25, -0.2) is 8.78 Å². The van der Waals surface area contributed by atoms with E-state index in [2.05, 4.69) is 5.32 Å². The van der Waals surface area contributed by atoms with Gasteiger partial charge in [0.25, 0.3) is 0 Å². The van der Waals surface area contributed by atoms with E-state index in [-0.39, 0.29) is 0 Å². The maximum absolute atomic E-state index is 13.3. The number of ketones is 1. The third kappa shape index (κ3) is 2.85. The zero-order chi connectivity index (χ0) is 12.1. The molecule has 1 atom stereocenters. The molecule has 88 valence electrons. The van der Waals surface area contributed by atoms with Crippen molar-refractivity contribution in [2.24, 2.45) is 5.92 Å². The van der Waals surface area contributed by atoms with E-state index >= 15 is 0 Å². The van der Waals surface area contributed by atoms with E-state index in [0.717, 1.165) is 18.7 Å². The Balaban J connectivity index is 2.87. The molecule has 2 nitrogen and oxygen atoms in total. The van der Waals surface area contributed by atoms with Crippen LogP contribution < -0.4 is 5.32 Å². The monoisotopic (exact) mass is 227 g/mol. The average Bonchev–Trinajstić information content (AvgIpc) is 2.25. The second-order valence-electron chi connectivity index (χ2n) is 3.67. The Hall–Kier alpha value is -1.29. The van der Waals surface area contributed by atoms with Gasteiger partial charge in [0.15, 0.2) is 5.78 Å². The summed E-state index contributed by atoms with van der Waals surface area (Å²) >= 11 is 0. The molecule has 1 unspecified atom stereocenters. The number of Topliss-reactive ketones (excluding diaryl/α,β-unsaturated/α-hetero) is 1. The highest BCUT2D eigenvalue weighted by atomic mass is 19.1. The second kappa shape index (κ2) is 5.70. The molecule has 0 heterocycles. The highest BCUT2D eigenvalue weighted by Crippen LogP contribution is 2.16. The third-order valence-corrected chi connectivity index (χ3v) is 2.36. The highest BCUT2D eigenvalue weighted by Gasteiger charge is 2.21. The molecule has 0 radical (unpaired) electrons. The lowest BCUT2D eigenvalue weighted by Crippen LogP contribution is -2.27. The number of hydrogen-bond acceptors (Lipinski definition) is 2. The number of carbonyl (C=O) groups is 1. The van der Waals surface area contributed by atoms with E-state index in [4.69, 9.17) is 0 Å². The van der Waals surface area contributed by atoms with Crippen LogP contribution in [0, 0.1) is 17.6 Å². The van der Waals surface area contributed by atoms with Gasteiger partial charge in [0, 0.05) is 12.5 Å². The van der Waals surface area contributed by atoms with Crippen LogP contribution in [0.3, 0.4) is 0 Å². The summed E-state index contributed by atoms with van der Waals surface area (Å²) in [4.78, 5) is 11.8. The molecule has 0 spiro atoms. The van der Waals surface area contributed by atoms with Gasteiger partial charge in [-0.2, -0.15) is 0 Å². The number of carbonyl (C=O) groups excluding carboxylic acids is 1. The molecular formula is C12H15F2NO. The average molecular weight is 227 g/mol. The largest absolute Gasteiger partial charge is 0.316 e. The molecule has 0 bridgehead atoms. The predicted octanol–water partition coefficient (Wildman–Crippen LogP) is 2.39. The van der Waals surface area contributed by atoms with E-state index in [1.807, 2.05) is 6.92 Å². The second-order valence-corrected chi connectivity index (χ2v) is 3.67. The SMILES string of the molecule is CCNCC(C)C(=O)c1c(F)cccc1F. The Kier molecular flexibility index (Phi) is 4.55. The molecule has 1 N–H and O–H groups in total. The maximum Gasteiger partial charge on any atom is 0.172 e. The van der Waals surface area contributed by atoms with Crippen LogP contribution in [0.5, 0.6) is 0 Å². The quantitative estimate of drug-likeness (QED) is 0.782. The molecule has 1 rings (SSSR count). The van der Waals surface area contributed by atoms with Crippen molar-refractivity contribution in [3.63, 3.8) is 0 Å². The molecule has 1 aromatic rings. The fourth-order valence-corrected chi connectivity index (χ4v) is 1.43. The van der Waals surface area contributed by atoms with Crippen molar-refractivity contribution in [1.82, 2.24) is 5.32 Å². The van der Waals surface area contributed by atoms with Crippen molar-refractivity contribution in [3.05, 3.63) is 35.4 Å². The van der Waals surface area contributed by atoms with Gasteiger partial charge in [0.05, 0.1) is 5.56 Å². The molecular weight excluding hydrogens is 212 g/mol. The summed E-state index contributed by atoms with van der Waals surface area (Å²) in [5.41, 5.74) is -0.437. The third-order valence-electron chi connectivity index (χ3n) is 2.36. The van der Waals surface area contributed by atoms with Crippen LogP contribution in [0.2, 0.25) is 0 Å². The van der Waals surface area contributed by atoms with Crippen LogP contribution in [-0.2, 0) is 0 Å². The van der Waals surface area contributed by atoms with Gasteiger partial charge < -0.3 is 5.32 Å². The van der Waals surface area contributed by atoms with Gasteiger partial charge in [-0.15, -0.1) is 0 Å². The first-order valence-electron chi connectivity index (χ1n) is 5.26. The van der Waals surface area contributed by atoms with Crippen molar-refractivity contribution < 1.29 is 13.6 Å². The van der Waals surface area contributed by atoms with Gasteiger partial charge in [-0.05, 0) is 18.7 Å². The minimum atomic E-state index is -0.798. The van der Waals surface area contributed by atoms with Crippen LogP contribution in [0.25, 0.3) is 0 Å². The fraction of sp³-hybridized carbons (Fsp3) is 0.417. The normalized spacial score (nSPS) is 12.5. The summed E-state index contributed by atoms with van der Waals surface area (Å²) in [6.45, 7) is 4.69. The zero-order valence-corrected chi connectivity index (χ0v) is 9.39. The number of rotatable bonds is 5. The summed E-state index contributed by atoms with van der Waals surface area (Å²) in [6, 6.07) is 3.43. The van der Waals surface area contributed by atoms with Crippen LogP contribution in [0.1, 0.15) is 24.2 Å². The molecule has 1 aromatic carbocycles. The first kappa shape index (κ1) is 12.8. The van der Waals surface area contributed by atoms with Crippen LogP contribution in [0.15, 0.2) is 18.2 Å². The van der Waals surface area contributed by atoms with Crippen LogP contribution in [0.4, 0.5) is 8.78 Å². The zero-order valence-electron chi connectivity index (χ0n) is 9.39. The summed E-state index contributed by atoms with van der Waals surface area (Å²) in [6.07, 6.45) is 0. The predicted molar refractivity (Wildman–Crippen MR) is 58.4 cm³/mol. The summed E-state index contributed by atoms with van der Waals surface area (Å²) < 4.78 is 26.6. The van der Waals surface area contributed by atoms with Crippen LogP contribution in [-0.4, -0.2) is 18.9 Å². The molecule has 0 aliphatic rings. The summed E-state index contributed by atoms with van der Waals surface area (Å²) in [5, 5.41) is 2.97. The lowest BCUT2D eigenvalue weighted by Gasteiger charge is -2.11. The Morgan fingerprint density at radius 2 is 1.94 bits per heavy atom. The minimum absolute atomic E-state index is 0.420. The van der Waals surface area contributed by atoms with Gasteiger partial charge in [0.2, 0.25) is 0 Å². The summed E-state index contributed by atoms with van der Waals surface area (Å²) in [5.74, 6) is -2.54. The molecule has 16 heavy (non-hydrogen) atoms. The van der Waals surface area contributed by atoms with E-state index in [1.54, 1.807) is 6.92 Å². The lowest BCUT2D eigenvalue weighted by atomic mass is 9.98. The Morgan fingerprint density at radius 3 is 2.44 bits per heavy atom. The number of halogens is 2. The van der Waals surface area contributed by atoms with Crippen molar-refractivity contribution in [2.45, 2.75) is 13.8 Å². The van der Waals surface area contributed by atoms with E-state index in [0.29, 0.717) is 6.54 Å². The number of nitrogens with one attached hydrogen (secondary N) is 1.